The van der Waals surface area contributed by atoms with E-state index < -0.39 is 46.1 Å². The molecule has 2 aromatic rings. The van der Waals surface area contributed by atoms with E-state index in [4.69, 9.17) is 10.2 Å². The van der Waals surface area contributed by atoms with Crippen molar-refractivity contribution in [2.24, 2.45) is 10.2 Å². The molecule has 0 unspecified atom stereocenters. The highest BCUT2D eigenvalue weighted by Gasteiger charge is 2.13. The zero-order valence-corrected chi connectivity index (χ0v) is 9.61. The molecule has 0 saturated heterocycles. The molecule has 2 N–H and O–H groups in total. The van der Waals surface area contributed by atoms with Crippen molar-refractivity contribution in [3.8, 4) is 11.5 Å². The molecule has 0 atom stereocenters. The third kappa shape index (κ3) is 2.68. The van der Waals surface area contributed by atoms with Crippen LogP contribution in [0.5, 0.6) is 11.5 Å². The van der Waals surface area contributed by atoms with Crippen LogP contribution in [0.15, 0.2) is 34.5 Å². The number of phenolic OH excluding ortho intramolecular Hbond substituents is 2. The van der Waals surface area contributed by atoms with E-state index in [1.807, 2.05) is 0 Å². The van der Waals surface area contributed by atoms with Gasteiger partial charge in [0.05, 0.1) is 0 Å². The molecule has 0 spiro atoms. The fraction of sp³-hybridized carbons (Fsp3) is 0. The lowest BCUT2D eigenvalue weighted by atomic mass is 10.2. The van der Waals surface area contributed by atoms with Gasteiger partial charge in [-0.3, -0.25) is 0 Å². The van der Waals surface area contributed by atoms with Crippen LogP contribution in [0.4, 0.5) is 28.9 Å². The van der Waals surface area contributed by atoms with Crippen LogP contribution in [-0.4, -0.2) is 10.2 Å². The van der Waals surface area contributed by atoms with Gasteiger partial charge < -0.3 is 10.2 Å². The van der Waals surface area contributed by atoms with Crippen molar-refractivity contribution in [1.82, 2.24) is 0 Å². The molecular formula is C12H6F4N2O2. The Morgan fingerprint density at radius 2 is 0.850 bits per heavy atom. The zero-order chi connectivity index (χ0) is 14.9. The maximum atomic E-state index is 13.3. The van der Waals surface area contributed by atoms with Crippen molar-refractivity contribution in [3.63, 3.8) is 0 Å². The number of rotatable bonds is 2. The lowest BCUT2D eigenvalue weighted by Crippen LogP contribution is -1.84. The topological polar surface area (TPSA) is 65.2 Å². The quantitative estimate of drug-likeness (QED) is 0.645. The molecule has 104 valence electrons. The van der Waals surface area contributed by atoms with Crippen LogP contribution in [0.1, 0.15) is 0 Å². The number of azo groups is 1. The van der Waals surface area contributed by atoms with Gasteiger partial charge >= 0.3 is 0 Å². The van der Waals surface area contributed by atoms with Crippen molar-refractivity contribution in [1.29, 1.82) is 0 Å². The number of hydrogen-bond donors (Lipinski definition) is 2. The van der Waals surface area contributed by atoms with Gasteiger partial charge in [0.1, 0.15) is 11.5 Å². The molecule has 0 aromatic heterocycles. The Bertz CT molecular complexity index is 598. The summed E-state index contributed by atoms with van der Waals surface area (Å²) in [7, 11) is 0. The first-order chi connectivity index (χ1) is 9.38. The van der Waals surface area contributed by atoms with Gasteiger partial charge in [-0.25, -0.2) is 17.6 Å². The standard InChI is InChI=1S/C12H6F4N2O2/c13-7-1-5(19)2-8(14)11(7)17-18-12-9(15)3-6(20)4-10(12)16/h1-4,19-20H/b18-17+. The van der Waals surface area contributed by atoms with Crippen LogP contribution in [0.3, 0.4) is 0 Å². The minimum atomic E-state index is -1.24. The Balaban J connectivity index is 2.45. The highest BCUT2D eigenvalue weighted by molar-refractivity contribution is 5.47. The molecular weight excluding hydrogens is 280 g/mol. The molecule has 0 amide bonds. The fourth-order valence-electron chi connectivity index (χ4n) is 1.40. The van der Waals surface area contributed by atoms with Crippen molar-refractivity contribution >= 4 is 11.4 Å². The Morgan fingerprint density at radius 1 is 0.600 bits per heavy atom. The normalized spacial score (nSPS) is 11.2. The molecule has 0 aliphatic carbocycles. The summed E-state index contributed by atoms with van der Waals surface area (Å²) in [5.41, 5.74) is -1.82. The van der Waals surface area contributed by atoms with Crippen LogP contribution in [0, 0.1) is 23.3 Å². The van der Waals surface area contributed by atoms with E-state index in [0.717, 1.165) is 0 Å². The first-order valence-electron chi connectivity index (χ1n) is 5.16. The number of halogens is 4. The second kappa shape index (κ2) is 5.16. The Morgan fingerprint density at radius 3 is 1.10 bits per heavy atom. The molecule has 0 bridgehead atoms. The molecule has 4 nitrogen and oxygen atoms in total. The SMILES string of the molecule is Oc1cc(F)c(/N=N/c2c(F)cc(O)cc2F)c(F)c1. The Kier molecular flexibility index (Phi) is 3.55. The second-order valence-corrected chi connectivity index (χ2v) is 3.72. The summed E-state index contributed by atoms with van der Waals surface area (Å²) in [6.45, 7) is 0. The first kappa shape index (κ1) is 13.8. The third-order valence-corrected chi connectivity index (χ3v) is 2.25. The number of hydrogen-bond acceptors (Lipinski definition) is 4. The molecule has 0 aliphatic rings. The number of aromatic hydroxyl groups is 2. The van der Waals surface area contributed by atoms with Crippen LogP contribution in [0.25, 0.3) is 0 Å². The van der Waals surface area contributed by atoms with Crippen LogP contribution < -0.4 is 0 Å². The minimum Gasteiger partial charge on any atom is -0.508 e. The highest BCUT2D eigenvalue weighted by atomic mass is 19.1. The van der Waals surface area contributed by atoms with Crippen LogP contribution in [0.2, 0.25) is 0 Å². The summed E-state index contributed by atoms with van der Waals surface area (Å²) in [5.74, 6) is -6.31. The molecule has 0 aliphatic heterocycles. The van der Waals surface area contributed by atoms with E-state index in [2.05, 4.69) is 10.2 Å². The average Bonchev–Trinajstić information content (AvgIpc) is 2.30. The fourth-order valence-corrected chi connectivity index (χ4v) is 1.40. The molecule has 2 aromatic carbocycles. The van der Waals surface area contributed by atoms with Gasteiger partial charge in [0.2, 0.25) is 0 Å². The number of phenols is 2. The maximum Gasteiger partial charge on any atom is 0.157 e. The molecule has 8 heteroatoms. The van der Waals surface area contributed by atoms with Crippen molar-refractivity contribution in [2.75, 3.05) is 0 Å². The summed E-state index contributed by atoms with van der Waals surface area (Å²) in [6.07, 6.45) is 0. The van der Waals surface area contributed by atoms with E-state index in [0.29, 0.717) is 24.3 Å². The number of nitrogens with zero attached hydrogens (tertiary/aromatic N) is 2. The van der Waals surface area contributed by atoms with Crippen LogP contribution >= 0.6 is 0 Å². The van der Waals surface area contributed by atoms with E-state index >= 15 is 0 Å². The van der Waals surface area contributed by atoms with Gasteiger partial charge in [-0.05, 0) is 0 Å². The summed E-state index contributed by atoms with van der Waals surface area (Å²) in [6, 6.07) is 2.28. The molecule has 0 saturated carbocycles. The highest BCUT2D eigenvalue weighted by Crippen LogP contribution is 2.31. The van der Waals surface area contributed by atoms with Crippen LogP contribution in [-0.2, 0) is 0 Å². The molecule has 0 fully saturated rings. The van der Waals surface area contributed by atoms with Gasteiger partial charge in [0.25, 0.3) is 0 Å². The lowest BCUT2D eigenvalue weighted by Gasteiger charge is -2.01. The average molecular weight is 286 g/mol. The number of benzene rings is 2. The largest absolute Gasteiger partial charge is 0.508 e. The van der Waals surface area contributed by atoms with Gasteiger partial charge in [0, 0.05) is 24.3 Å². The van der Waals surface area contributed by atoms with E-state index in [9.17, 15) is 17.6 Å². The van der Waals surface area contributed by atoms with E-state index in [-0.39, 0.29) is 0 Å². The maximum absolute atomic E-state index is 13.3. The second-order valence-electron chi connectivity index (χ2n) is 3.72. The van der Waals surface area contributed by atoms with Crippen molar-refractivity contribution in [2.45, 2.75) is 0 Å². The van der Waals surface area contributed by atoms with E-state index in [1.54, 1.807) is 0 Å². The smallest absolute Gasteiger partial charge is 0.157 e. The van der Waals surface area contributed by atoms with Gasteiger partial charge in [-0.2, -0.15) is 0 Å². The predicted octanol–water partition coefficient (Wildman–Crippen LogP) is 4.07. The molecule has 2 rings (SSSR count). The summed E-state index contributed by atoms with van der Waals surface area (Å²) >= 11 is 0. The summed E-state index contributed by atoms with van der Waals surface area (Å²) in [4.78, 5) is 0. The summed E-state index contributed by atoms with van der Waals surface area (Å²) < 4.78 is 53.2. The van der Waals surface area contributed by atoms with Crippen molar-refractivity contribution in [3.05, 3.63) is 47.5 Å². The monoisotopic (exact) mass is 286 g/mol. The minimum absolute atomic E-state index is 0.570. The lowest BCUT2D eigenvalue weighted by molar-refractivity contribution is 0.459. The van der Waals surface area contributed by atoms with Gasteiger partial charge in [-0.1, -0.05) is 0 Å². The van der Waals surface area contributed by atoms with E-state index in [1.165, 1.54) is 0 Å². The predicted molar refractivity (Wildman–Crippen MR) is 60.2 cm³/mol. The molecule has 20 heavy (non-hydrogen) atoms. The Hall–Kier alpha value is -2.64. The first-order valence-corrected chi connectivity index (χ1v) is 5.16. The zero-order valence-electron chi connectivity index (χ0n) is 9.61. The Labute approximate surface area is 109 Å². The van der Waals surface area contributed by atoms with Gasteiger partial charge in [0.15, 0.2) is 34.6 Å². The van der Waals surface area contributed by atoms with Crippen molar-refractivity contribution < 1.29 is 27.8 Å². The molecule has 0 heterocycles. The molecule has 0 radical (unpaired) electrons. The van der Waals surface area contributed by atoms with Gasteiger partial charge in [-0.15, -0.1) is 10.2 Å². The third-order valence-electron chi connectivity index (χ3n) is 2.25. The summed E-state index contributed by atoms with van der Waals surface area (Å²) in [5, 5.41) is 24.0.